The summed E-state index contributed by atoms with van der Waals surface area (Å²) < 4.78 is 24.3. The van der Waals surface area contributed by atoms with E-state index in [-0.39, 0.29) is 39.7 Å². The van der Waals surface area contributed by atoms with Crippen LogP contribution >= 0.6 is 30.8 Å². The maximum atomic E-state index is 13.4. The Labute approximate surface area is 184 Å². The van der Waals surface area contributed by atoms with Crippen LogP contribution in [0.1, 0.15) is 46.2 Å². The van der Waals surface area contributed by atoms with Crippen LogP contribution < -0.4 is 0 Å². The molecule has 0 saturated heterocycles. The molecule has 1 atom stereocenters. The van der Waals surface area contributed by atoms with E-state index in [1.807, 2.05) is 0 Å². The molecule has 1 heterocycles. The molecule has 0 bridgehead atoms. The van der Waals surface area contributed by atoms with E-state index >= 15 is 0 Å². The average molecular weight is 468 g/mol. The Morgan fingerprint density at radius 3 is 1.90 bits per heavy atom. The van der Waals surface area contributed by atoms with Crippen molar-refractivity contribution < 1.29 is 23.2 Å². The van der Waals surface area contributed by atoms with Crippen LogP contribution in [0.5, 0.6) is 0 Å². The van der Waals surface area contributed by atoms with E-state index in [1.165, 1.54) is 12.1 Å². The number of nitrogens with zero attached hydrogens (tertiary/aromatic N) is 1. The number of hydrogen-bond donors (Lipinski definition) is 0. The topological polar surface area (TPSA) is 72.9 Å². The summed E-state index contributed by atoms with van der Waals surface area (Å²) in [6, 6.07) is 10.3. The third kappa shape index (κ3) is 3.98. The zero-order valence-corrected chi connectivity index (χ0v) is 18.8. The molecule has 2 aromatic rings. The molecule has 0 aliphatic carbocycles. The number of carbonyl (C=O) groups is 2. The van der Waals surface area contributed by atoms with Gasteiger partial charge in [-0.15, -0.1) is 0 Å². The number of fused-ring (bicyclic) bond motifs is 1. The summed E-state index contributed by atoms with van der Waals surface area (Å²) in [5.41, 5.74) is 0.769. The average Bonchev–Trinajstić information content (AvgIpc) is 2.94. The second-order valence-electron chi connectivity index (χ2n) is 6.43. The van der Waals surface area contributed by atoms with Gasteiger partial charge in [0.15, 0.2) is 0 Å². The van der Waals surface area contributed by atoms with Crippen LogP contribution in [0.4, 0.5) is 0 Å². The fourth-order valence-corrected chi connectivity index (χ4v) is 5.28. The molecule has 1 aliphatic rings. The quantitative estimate of drug-likeness (QED) is 0.345. The van der Waals surface area contributed by atoms with Crippen LogP contribution in [0.25, 0.3) is 0 Å². The van der Waals surface area contributed by atoms with E-state index in [0.29, 0.717) is 5.56 Å². The predicted octanol–water partition coefficient (Wildman–Crippen LogP) is 6.11. The van der Waals surface area contributed by atoms with E-state index in [0.717, 1.165) is 4.90 Å². The zero-order valence-electron chi connectivity index (χ0n) is 16.4. The Morgan fingerprint density at radius 2 is 1.47 bits per heavy atom. The lowest BCUT2D eigenvalue weighted by molar-refractivity contribution is 0.0608. The summed E-state index contributed by atoms with van der Waals surface area (Å²) >= 11 is 12.1. The SMILES string of the molecule is C=C(C(c1ccccc1)N1C(=O)c2cc(Cl)c(Cl)cc2C1=O)P(=O)(OCC)OCC. The number of benzene rings is 2. The Hall–Kier alpha value is -1.95. The molecule has 6 nitrogen and oxygen atoms in total. The summed E-state index contributed by atoms with van der Waals surface area (Å²) in [7, 11) is -3.84. The van der Waals surface area contributed by atoms with Crippen molar-refractivity contribution >= 4 is 42.6 Å². The zero-order chi connectivity index (χ0) is 22.1. The smallest absolute Gasteiger partial charge is 0.306 e. The van der Waals surface area contributed by atoms with Crippen molar-refractivity contribution in [3.63, 3.8) is 0 Å². The number of carbonyl (C=O) groups excluding carboxylic acids is 2. The van der Waals surface area contributed by atoms with Gasteiger partial charge in [-0.1, -0.05) is 60.1 Å². The number of amides is 2. The molecule has 0 aromatic heterocycles. The molecule has 0 N–H and O–H groups in total. The van der Waals surface area contributed by atoms with Crippen molar-refractivity contribution in [3.05, 3.63) is 81.1 Å². The predicted molar refractivity (Wildman–Crippen MR) is 116 cm³/mol. The highest BCUT2D eigenvalue weighted by Crippen LogP contribution is 2.61. The highest BCUT2D eigenvalue weighted by Gasteiger charge is 2.46. The van der Waals surface area contributed by atoms with Crippen molar-refractivity contribution in [1.29, 1.82) is 0 Å². The minimum Gasteiger partial charge on any atom is -0.306 e. The molecule has 158 valence electrons. The van der Waals surface area contributed by atoms with Crippen molar-refractivity contribution in [3.8, 4) is 0 Å². The molecule has 1 aliphatic heterocycles. The Kier molecular flexibility index (Phi) is 6.85. The normalized spacial score (nSPS) is 14.7. The van der Waals surface area contributed by atoms with Crippen LogP contribution in [-0.4, -0.2) is 29.9 Å². The van der Waals surface area contributed by atoms with E-state index in [2.05, 4.69) is 6.58 Å². The van der Waals surface area contributed by atoms with Gasteiger partial charge in [0, 0.05) is 0 Å². The van der Waals surface area contributed by atoms with E-state index in [4.69, 9.17) is 32.2 Å². The van der Waals surface area contributed by atoms with Gasteiger partial charge in [-0.2, -0.15) is 0 Å². The van der Waals surface area contributed by atoms with Crippen LogP contribution in [0.3, 0.4) is 0 Å². The maximum absolute atomic E-state index is 13.4. The third-order valence-electron chi connectivity index (χ3n) is 4.60. The number of rotatable bonds is 8. The van der Waals surface area contributed by atoms with Gasteiger partial charge in [0.25, 0.3) is 11.8 Å². The van der Waals surface area contributed by atoms with Crippen LogP contribution in [-0.2, 0) is 13.6 Å². The minimum atomic E-state index is -3.84. The standard InChI is InChI=1S/C21H20Cl2NO5P/c1-4-28-30(27,29-5-2)13(3)19(14-9-7-6-8-10-14)24-20(25)15-11-17(22)18(23)12-16(15)21(24)26/h6-12,19H,3-5H2,1-2H3. The van der Waals surface area contributed by atoms with Gasteiger partial charge in [-0.05, 0) is 31.5 Å². The number of hydrogen-bond acceptors (Lipinski definition) is 5. The first-order valence-corrected chi connectivity index (χ1v) is 11.5. The molecule has 0 saturated carbocycles. The Balaban J connectivity index is 2.15. The monoisotopic (exact) mass is 467 g/mol. The fraction of sp³-hybridized carbons (Fsp3) is 0.238. The van der Waals surface area contributed by atoms with Gasteiger partial charge < -0.3 is 9.05 Å². The number of halogens is 2. The summed E-state index contributed by atoms with van der Waals surface area (Å²) in [4.78, 5) is 27.4. The molecule has 0 spiro atoms. The van der Waals surface area contributed by atoms with Gasteiger partial charge in [0.1, 0.15) is 0 Å². The third-order valence-corrected chi connectivity index (χ3v) is 7.46. The lowest BCUT2D eigenvalue weighted by atomic mass is 10.1. The number of imide groups is 1. The van der Waals surface area contributed by atoms with E-state index in [1.54, 1.807) is 44.2 Å². The van der Waals surface area contributed by atoms with Gasteiger partial charge in [0.05, 0.1) is 45.7 Å². The van der Waals surface area contributed by atoms with Crippen molar-refractivity contribution in [2.24, 2.45) is 0 Å². The molecule has 2 aromatic carbocycles. The minimum absolute atomic E-state index is 0.0101. The molecule has 3 rings (SSSR count). The van der Waals surface area contributed by atoms with Gasteiger partial charge >= 0.3 is 7.60 Å². The van der Waals surface area contributed by atoms with Crippen LogP contribution in [0, 0.1) is 0 Å². The highest BCUT2D eigenvalue weighted by molar-refractivity contribution is 7.58. The molecular weight excluding hydrogens is 448 g/mol. The summed E-state index contributed by atoms with van der Waals surface area (Å²) in [6.07, 6.45) is 0. The highest BCUT2D eigenvalue weighted by atomic mass is 35.5. The molecule has 0 radical (unpaired) electrons. The van der Waals surface area contributed by atoms with E-state index in [9.17, 15) is 14.2 Å². The molecule has 2 amide bonds. The van der Waals surface area contributed by atoms with Gasteiger partial charge in [0.2, 0.25) is 0 Å². The molecule has 30 heavy (non-hydrogen) atoms. The molecule has 1 unspecified atom stereocenters. The van der Waals surface area contributed by atoms with Crippen molar-refractivity contribution in [2.45, 2.75) is 19.9 Å². The van der Waals surface area contributed by atoms with Crippen LogP contribution in [0.2, 0.25) is 10.0 Å². The fourth-order valence-electron chi connectivity index (χ4n) is 3.31. The lowest BCUT2D eigenvalue weighted by Crippen LogP contribution is -2.35. The van der Waals surface area contributed by atoms with Gasteiger partial charge in [-0.3, -0.25) is 19.1 Å². The maximum Gasteiger partial charge on any atom is 0.359 e. The summed E-state index contributed by atoms with van der Waals surface area (Å²) in [5.74, 6) is -1.19. The lowest BCUT2D eigenvalue weighted by Gasteiger charge is -2.31. The van der Waals surface area contributed by atoms with E-state index < -0.39 is 25.5 Å². The molecule has 0 fully saturated rings. The second-order valence-corrected chi connectivity index (χ2v) is 9.33. The first-order chi connectivity index (χ1) is 14.2. The first-order valence-electron chi connectivity index (χ1n) is 9.25. The molecular formula is C21H20Cl2NO5P. The van der Waals surface area contributed by atoms with Crippen molar-refractivity contribution in [2.75, 3.05) is 13.2 Å². The largest absolute Gasteiger partial charge is 0.359 e. The van der Waals surface area contributed by atoms with Gasteiger partial charge in [-0.25, -0.2) is 0 Å². The van der Waals surface area contributed by atoms with Crippen molar-refractivity contribution in [1.82, 2.24) is 4.90 Å². The Bertz CT molecular complexity index is 1010. The first kappa shape index (κ1) is 22.7. The molecule has 9 heteroatoms. The summed E-state index contributed by atoms with van der Waals surface area (Å²) in [6.45, 7) is 7.48. The Morgan fingerprint density at radius 1 is 1.00 bits per heavy atom. The van der Waals surface area contributed by atoms with Crippen LogP contribution in [0.15, 0.2) is 54.4 Å². The second kappa shape index (κ2) is 9.04. The summed E-state index contributed by atoms with van der Waals surface area (Å²) in [5, 5.41) is 0.301.